The molecule has 2 aromatic heterocycles. The largest absolute Gasteiger partial charge is 0.339 e. The van der Waals surface area contributed by atoms with Crippen molar-refractivity contribution in [3.05, 3.63) is 29.2 Å². The van der Waals surface area contributed by atoms with Gasteiger partial charge in [0.05, 0.1) is 0 Å². The number of H-pyrrole nitrogens is 1. The molecule has 0 bridgehead atoms. The van der Waals surface area contributed by atoms with Crippen LogP contribution >= 0.6 is 0 Å². The minimum atomic E-state index is -0.0305. The predicted molar refractivity (Wildman–Crippen MR) is 84.2 cm³/mol. The van der Waals surface area contributed by atoms with Crippen LogP contribution in [-0.2, 0) is 6.42 Å². The smallest absolute Gasteiger partial charge is 0.274 e. The first-order valence-corrected chi connectivity index (χ1v) is 8.25. The van der Waals surface area contributed by atoms with E-state index in [0.717, 1.165) is 31.5 Å². The van der Waals surface area contributed by atoms with Crippen LogP contribution in [0.1, 0.15) is 73.3 Å². The first-order valence-electron chi connectivity index (χ1n) is 8.25. The Kier molecular flexibility index (Phi) is 4.45. The Morgan fingerprint density at radius 2 is 2.35 bits per heavy atom. The molecule has 1 fully saturated rings. The number of aryl methyl sites for hydroxylation is 1. The molecule has 124 valence electrons. The van der Waals surface area contributed by atoms with Crippen molar-refractivity contribution in [1.82, 2.24) is 25.2 Å². The molecule has 0 aliphatic carbocycles. The first kappa shape index (κ1) is 15.7. The summed E-state index contributed by atoms with van der Waals surface area (Å²) in [4.78, 5) is 18.9. The highest BCUT2D eigenvalue weighted by Crippen LogP contribution is 2.26. The van der Waals surface area contributed by atoms with E-state index in [1.54, 1.807) is 0 Å². The van der Waals surface area contributed by atoms with Gasteiger partial charge in [0, 0.05) is 31.1 Å². The molecule has 23 heavy (non-hydrogen) atoms. The van der Waals surface area contributed by atoms with Gasteiger partial charge in [0.1, 0.15) is 5.69 Å². The number of nitrogens with one attached hydrogen (secondary N) is 1. The van der Waals surface area contributed by atoms with Crippen molar-refractivity contribution in [1.29, 1.82) is 0 Å². The molecule has 1 aliphatic rings. The summed E-state index contributed by atoms with van der Waals surface area (Å²) in [6.07, 6.45) is 2.64. The standard InChI is InChI=1S/C16H23N5O2/c1-4-14-17-15(20-23-14)11-6-5-7-21(9-11)16(22)13-8-12(10(2)3)18-19-13/h8,10-11H,4-7,9H2,1-3H3,(H,18,19)/t11-/m0/s1. The molecule has 7 nitrogen and oxygen atoms in total. The molecule has 1 saturated heterocycles. The van der Waals surface area contributed by atoms with E-state index in [4.69, 9.17) is 4.52 Å². The number of aromatic amines is 1. The molecular weight excluding hydrogens is 294 g/mol. The summed E-state index contributed by atoms with van der Waals surface area (Å²) >= 11 is 0. The Balaban J connectivity index is 1.70. The van der Waals surface area contributed by atoms with Crippen LogP contribution in [0.2, 0.25) is 0 Å². The fraction of sp³-hybridized carbons (Fsp3) is 0.625. The summed E-state index contributed by atoms with van der Waals surface area (Å²) in [7, 11) is 0. The number of hydrogen-bond acceptors (Lipinski definition) is 5. The molecule has 3 rings (SSSR count). The third kappa shape index (κ3) is 3.28. The van der Waals surface area contributed by atoms with Gasteiger partial charge in [0.25, 0.3) is 5.91 Å². The van der Waals surface area contributed by atoms with Gasteiger partial charge >= 0.3 is 0 Å². The number of piperidine rings is 1. The fourth-order valence-corrected chi connectivity index (χ4v) is 2.85. The van der Waals surface area contributed by atoms with Gasteiger partial charge in [-0.25, -0.2) is 0 Å². The molecule has 1 amide bonds. The minimum Gasteiger partial charge on any atom is -0.339 e. The van der Waals surface area contributed by atoms with Gasteiger partial charge in [-0.2, -0.15) is 10.1 Å². The second kappa shape index (κ2) is 6.52. The van der Waals surface area contributed by atoms with E-state index in [1.807, 2.05) is 17.9 Å². The average molecular weight is 317 g/mol. The Morgan fingerprint density at radius 3 is 3.00 bits per heavy atom. The zero-order valence-electron chi connectivity index (χ0n) is 13.9. The SMILES string of the molecule is CCc1nc([C@H]2CCCN(C(=O)c3cc(C(C)C)[nH]n3)C2)no1. The van der Waals surface area contributed by atoms with Gasteiger partial charge in [0.15, 0.2) is 5.82 Å². The van der Waals surface area contributed by atoms with Crippen LogP contribution in [0.5, 0.6) is 0 Å². The molecule has 0 unspecified atom stereocenters. The van der Waals surface area contributed by atoms with Gasteiger partial charge in [-0.3, -0.25) is 9.89 Å². The first-order chi connectivity index (χ1) is 11.1. The van der Waals surface area contributed by atoms with E-state index in [2.05, 4.69) is 34.2 Å². The minimum absolute atomic E-state index is 0.0305. The van der Waals surface area contributed by atoms with Gasteiger partial charge in [-0.05, 0) is 24.8 Å². The molecule has 7 heteroatoms. The number of amides is 1. The molecule has 1 aliphatic heterocycles. The Labute approximate surface area is 135 Å². The molecule has 2 aromatic rings. The maximum absolute atomic E-state index is 12.7. The van der Waals surface area contributed by atoms with E-state index < -0.39 is 0 Å². The summed E-state index contributed by atoms with van der Waals surface area (Å²) in [5.74, 6) is 1.80. The number of nitrogens with zero attached hydrogens (tertiary/aromatic N) is 4. The van der Waals surface area contributed by atoms with Gasteiger partial charge in [-0.1, -0.05) is 25.9 Å². The van der Waals surface area contributed by atoms with Crippen LogP contribution in [0.4, 0.5) is 0 Å². The van der Waals surface area contributed by atoms with E-state index in [1.165, 1.54) is 0 Å². The Bertz CT molecular complexity index is 676. The zero-order valence-corrected chi connectivity index (χ0v) is 13.9. The van der Waals surface area contributed by atoms with Gasteiger partial charge < -0.3 is 9.42 Å². The van der Waals surface area contributed by atoms with Crippen molar-refractivity contribution in [2.75, 3.05) is 13.1 Å². The summed E-state index contributed by atoms with van der Waals surface area (Å²) in [6, 6.07) is 1.85. The number of aromatic nitrogens is 4. The average Bonchev–Trinajstić information content (AvgIpc) is 3.23. The molecule has 0 aromatic carbocycles. The molecule has 3 heterocycles. The third-order valence-corrected chi connectivity index (χ3v) is 4.30. The molecule has 0 saturated carbocycles. The van der Waals surface area contributed by atoms with Crippen molar-refractivity contribution in [2.24, 2.45) is 0 Å². The highest BCUT2D eigenvalue weighted by molar-refractivity contribution is 5.92. The third-order valence-electron chi connectivity index (χ3n) is 4.30. The maximum atomic E-state index is 12.7. The van der Waals surface area contributed by atoms with Crippen molar-refractivity contribution >= 4 is 5.91 Å². The second-order valence-electron chi connectivity index (χ2n) is 6.35. The van der Waals surface area contributed by atoms with E-state index in [0.29, 0.717) is 29.9 Å². The van der Waals surface area contributed by atoms with Crippen LogP contribution in [0.25, 0.3) is 0 Å². The van der Waals surface area contributed by atoms with Gasteiger partial charge in [0.2, 0.25) is 5.89 Å². The molecule has 0 radical (unpaired) electrons. The normalized spacial score (nSPS) is 18.6. The van der Waals surface area contributed by atoms with Crippen LogP contribution < -0.4 is 0 Å². The van der Waals surface area contributed by atoms with E-state index in [-0.39, 0.29) is 11.8 Å². The summed E-state index contributed by atoms with van der Waals surface area (Å²) < 4.78 is 5.20. The quantitative estimate of drug-likeness (QED) is 0.936. The molecule has 0 spiro atoms. The lowest BCUT2D eigenvalue weighted by Gasteiger charge is -2.30. The molecule has 1 N–H and O–H groups in total. The molecular formula is C16H23N5O2. The van der Waals surface area contributed by atoms with Crippen LogP contribution in [-0.4, -0.2) is 44.2 Å². The number of carbonyl (C=O) groups excluding carboxylic acids is 1. The lowest BCUT2D eigenvalue weighted by Crippen LogP contribution is -2.39. The number of likely N-dealkylation sites (tertiary alicyclic amines) is 1. The monoisotopic (exact) mass is 317 g/mol. The zero-order chi connectivity index (χ0) is 16.4. The van der Waals surface area contributed by atoms with Gasteiger partial charge in [-0.15, -0.1) is 0 Å². The number of hydrogen-bond donors (Lipinski definition) is 1. The van der Waals surface area contributed by atoms with Crippen LogP contribution in [0.15, 0.2) is 10.6 Å². The maximum Gasteiger partial charge on any atom is 0.274 e. The van der Waals surface area contributed by atoms with Crippen molar-refractivity contribution in [3.8, 4) is 0 Å². The van der Waals surface area contributed by atoms with Crippen LogP contribution in [0.3, 0.4) is 0 Å². The van der Waals surface area contributed by atoms with E-state index >= 15 is 0 Å². The van der Waals surface area contributed by atoms with E-state index in [9.17, 15) is 4.79 Å². The predicted octanol–water partition coefficient (Wildman–Crippen LogP) is 2.50. The van der Waals surface area contributed by atoms with Crippen molar-refractivity contribution in [3.63, 3.8) is 0 Å². The van der Waals surface area contributed by atoms with Crippen molar-refractivity contribution in [2.45, 2.75) is 51.9 Å². The van der Waals surface area contributed by atoms with Crippen molar-refractivity contribution < 1.29 is 9.32 Å². The fourth-order valence-electron chi connectivity index (χ4n) is 2.85. The van der Waals surface area contributed by atoms with Crippen LogP contribution in [0, 0.1) is 0 Å². The summed E-state index contributed by atoms with van der Waals surface area (Å²) in [6.45, 7) is 7.49. The number of carbonyl (C=O) groups is 1. The number of rotatable bonds is 4. The lowest BCUT2D eigenvalue weighted by molar-refractivity contribution is 0.0697. The Hall–Kier alpha value is -2.18. The Morgan fingerprint density at radius 1 is 1.52 bits per heavy atom. The second-order valence-corrected chi connectivity index (χ2v) is 6.35. The lowest BCUT2D eigenvalue weighted by atomic mass is 9.97. The summed E-state index contributed by atoms with van der Waals surface area (Å²) in [5, 5.41) is 11.2. The topological polar surface area (TPSA) is 87.9 Å². The molecule has 1 atom stereocenters. The highest BCUT2D eigenvalue weighted by atomic mass is 16.5. The summed E-state index contributed by atoms with van der Waals surface area (Å²) in [5.41, 5.74) is 1.46. The highest BCUT2D eigenvalue weighted by Gasteiger charge is 2.29.